The number of nitrogens with zero attached hydrogens (tertiary/aromatic N) is 1. The van der Waals surface area contributed by atoms with Crippen LogP contribution in [0.1, 0.15) is 41.2 Å². The Morgan fingerprint density at radius 3 is 2.91 bits per heavy atom. The minimum Gasteiger partial charge on any atom is -0.385 e. The van der Waals surface area contributed by atoms with E-state index < -0.39 is 5.60 Å². The van der Waals surface area contributed by atoms with E-state index in [1.807, 2.05) is 4.90 Å². The van der Waals surface area contributed by atoms with Crippen molar-refractivity contribution in [3.8, 4) is 0 Å². The van der Waals surface area contributed by atoms with Crippen LogP contribution in [0, 0.1) is 0 Å². The summed E-state index contributed by atoms with van der Waals surface area (Å²) >= 11 is 1.28. The standard InChI is InChI=1S/C16H22N2O3S/c1-11(18-8-4-5-12(18)10-19)9-17-15(20)13-6-7-14(22-13)16(2,3)21/h6-7,10,12,21H,1,4-5,8-9H2,2-3H3,(H,17,20). The molecule has 1 aromatic rings. The summed E-state index contributed by atoms with van der Waals surface area (Å²) in [5, 5.41) is 12.7. The van der Waals surface area contributed by atoms with Crippen LogP contribution >= 0.6 is 11.3 Å². The fraction of sp³-hybridized carbons (Fsp3) is 0.500. The second-order valence-electron chi connectivity index (χ2n) is 6.01. The number of carbonyl (C=O) groups excluding carboxylic acids is 2. The van der Waals surface area contributed by atoms with E-state index in [0.29, 0.717) is 11.4 Å². The second-order valence-corrected chi connectivity index (χ2v) is 7.09. The Morgan fingerprint density at radius 2 is 2.32 bits per heavy atom. The smallest absolute Gasteiger partial charge is 0.261 e. The first-order valence-corrected chi connectivity index (χ1v) is 8.15. The Balaban J connectivity index is 1.91. The highest BCUT2D eigenvalue weighted by Gasteiger charge is 2.25. The molecular formula is C16H22N2O3S. The monoisotopic (exact) mass is 322 g/mol. The Morgan fingerprint density at radius 1 is 1.59 bits per heavy atom. The van der Waals surface area contributed by atoms with Gasteiger partial charge in [-0.1, -0.05) is 6.58 Å². The maximum atomic E-state index is 12.1. The molecule has 0 spiro atoms. The lowest BCUT2D eigenvalue weighted by Gasteiger charge is -2.25. The van der Waals surface area contributed by atoms with Gasteiger partial charge in [-0.2, -0.15) is 0 Å². The molecule has 1 aliphatic rings. The minimum absolute atomic E-state index is 0.118. The van der Waals surface area contributed by atoms with Gasteiger partial charge in [0.2, 0.25) is 0 Å². The van der Waals surface area contributed by atoms with Crippen LogP contribution in [0.25, 0.3) is 0 Å². The topological polar surface area (TPSA) is 69.6 Å². The second kappa shape index (κ2) is 6.62. The number of carbonyl (C=O) groups is 2. The molecule has 1 aliphatic heterocycles. The van der Waals surface area contributed by atoms with Gasteiger partial charge < -0.3 is 20.1 Å². The third-order valence-corrected chi connectivity index (χ3v) is 5.15. The Labute approximate surface area is 134 Å². The van der Waals surface area contributed by atoms with Gasteiger partial charge >= 0.3 is 0 Å². The molecular weight excluding hydrogens is 300 g/mol. The SMILES string of the molecule is C=C(CNC(=O)c1ccc(C(C)(C)O)s1)N1CCCC1C=O. The van der Waals surface area contributed by atoms with Gasteiger partial charge in [-0.25, -0.2) is 0 Å². The van der Waals surface area contributed by atoms with E-state index in [-0.39, 0.29) is 11.9 Å². The molecule has 2 rings (SSSR count). The number of hydrogen-bond acceptors (Lipinski definition) is 5. The number of thiophene rings is 1. The third kappa shape index (κ3) is 3.75. The molecule has 0 aliphatic carbocycles. The van der Waals surface area contributed by atoms with E-state index in [9.17, 15) is 14.7 Å². The van der Waals surface area contributed by atoms with Crippen LogP contribution in [0.4, 0.5) is 0 Å². The van der Waals surface area contributed by atoms with Gasteiger partial charge in [0, 0.05) is 17.1 Å². The summed E-state index contributed by atoms with van der Waals surface area (Å²) in [7, 11) is 0. The first-order chi connectivity index (χ1) is 10.3. The first-order valence-electron chi connectivity index (χ1n) is 7.33. The molecule has 5 nitrogen and oxygen atoms in total. The average Bonchev–Trinajstić information content (AvgIpc) is 3.11. The van der Waals surface area contributed by atoms with Crippen molar-refractivity contribution in [1.29, 1.82) is 0 Å². The zero-order valence-corrected chi connectivity index (χ0v) is 13.8. The van der Waals surface area contributed by atoms with Gasteiger partial charge in [0.15, 0.2) is 0 Å². The van der Waals surface area contributed by atoms with E-state index in [1.165, 1.54) is 11.3 Å². The Hall–Kier alpha value is -1.66. The van der Waals surface area contributed by atoms with Crippen molar-refractivity contribution in [2.45, 2.75) is 38.3 Å². The lowest BCUT2D eigenvalue weighted by molar-refractivity contribution is -0.111. The van der Waals surface area contributed by atoms with Crippen LogP contribution in [-0.2, 0) is 10.4 Å². The Bertz CT molecular complexity index is 574. The molecule has 6 heteroatoms. The zero-order chi connectivity index (χ0) is 16.3. The highest BCUT2D eigenvalue weighted by Crippen LogP contribution is 2.27. The molecule has 0 aromatic carbocycles. The fourth-order valence-corrected chi connectivity index (χ4v) is 3.41. The molecule has 0 saturated carbocycles. The Kier molecular flexibility index (Phi) is 5.03. The molecule has 0 bridgehead atoms. The number of rotatable bonds is 6. The molecule has 120 valence electrons. The number of nitrogens with one attached hydrogen (secondary N) is 1. The summed E-state index contributed by atoms with van der Waals surface area (Å²) in [6.45, 7) is 8.46. The number of aldehydes is 1. The molecule has 1 aromatic heterocycles. The molecule has 2 heterocycles. The van der Waals surface area contributed by atoms with Gasteiger partial charge in [-0.3, -0.25) is 4.79 Å². The van der Waals surface area contributed by atoms with Crippen LogP contribution in [0.3, 0.4) is 0 Å². The van der Waals surface area contributed by atoms with Gasteiger partial charge in [0.1, 0.15) is 6.29 Å². The van der Waals surface area contributed by atoms with Crippen LogP contribution < -0.4 is 5.32 Å². The molecule has 22 heavy (non-hydrogen) atoms. The number of aliphatic hydroxyl groups is 1. The molecule has 1 unspecified atom stereocenters. The summed E-state index contributed by atoms with van der Waals surface area (Å²) in [4.78, 5) is 26.4. The van der Waals surface area contributed by atoms with Crippen LogP contribution in [-0.4, -0.2) is 41.3 Å². The van der Waals surface area contributed by atoms with Crippen molar-refractivity contribution in [1.82, 2.24) is 10.2 Å². The van der Waals surface area contributed by atoms with Gasteiger partial charge in [-0.05, 0) is 38.8 Å². The van der Waals surface area contributed by atoms with Gasteiger partial charge in [0.25, 0.3) is 5.91 Å². The highest BCUT2D eigenvalue weighted by molar-refractivity contribution is 7.14. The minimum atomic E-state index is -0.945. The maximum Gasteiger partial charge on any atom is 0.261 e. The molecule has 1 saturated heterocycles. The summed E-state index contributed by atoms with van der Waals surface area (Å²) in [6, 6.07) is 3.35. The van der Waals surface area contributed by atoms with Crippen molar-refractivity contribution < 1.29 is 14.7 Å². The highest BCUT2D eigenvalue weighted by atomic mass is 32.1. The average molecular weight is 322 g/mol. The van der Waals surface area contributed by atoms with E-state index in [1.54, 1.807) is 26.0 Å². The summed E-state index contributed by atoms with van der Waals surface area (Å²) in [5.74, 6) is -0.191. The first kappa shape index (κ1) is 16.7. The number of hydrogen-bond donors (Lipinski definition) is 2. The van der Waals surface area contributed by atoms with Gasteiger partial charge in [0.05, 0.1) is 23.1 Å². The van der Waals surface area contributed by atoms with Crippen molar-refractivity contribution in [3.63, 3.8) is 0 Å². The predicted octanol–water partition coefficient (Wildman–Crippen LogP) is 1.88. The quantitative estimate of drug-likeness (QED) is 0.785. The van der Waals surface area contributed by atoms with Crippen molar-refractivity contribution >= 4 is 23.5 Å². The normalized spacial score (nSPS) is 18.3. The number of amides is 1. The van der Waals surface area contributed by atoms with Gasteiger partial charge in [-0.15, -0.1) is 11.3 Å². The maximum absolute atomic E-state index is 12.1. The van der Waals surface area contributed by atoms with E-state index >= 15 is 0 Å². The van der Waals surface area contributed by atoms with Crippen LogP contribution in [0.5, 0.6) is 0 Å². The molecule has 0 radical (unpaired) electrons. The van der Waals surface area contributed by atoms with Crippen molar-refractivity contribution in [2.75, 3.05) is 13.1 Å². The number of likely N-dealkylation sites (tertiary alicyclic amines) is 1. The zero-order valence-electron chi connectivity index (χ0n) is 13.0. The summed E-state index contributed by atoms with van der Waals surface area (Å²) in [6.07, 6.45) is 2.75. The van der Waals surface area contributed by atoms with Crippen LogP contribution in [0.2, 0.25) is 0 Å². The van der Waals surface area contributed by atoms with Crippen molar-refractivity contribution in [3.05, 3.63) is 34.2 Å². The molecule has 1 fully saturated rings. The van der Waals surface area contributed by atoms with E-state index in [2.05, 4.69) is 11.9 Å². The summed E-state index contributed by atoms with van der Waals surface area (Å²) < 4.78 is 0. The summed E-state index contributed by atoms with van der Waals surface area (Å²) in [5.41, 5.74) is -0.193. The van der Waals surface area contributed by atoms with E-state index in [4.69, 9.17) is 0 Å². The van der Waals surface area contributed by atoms with Crippen LogP contribution in [0.15, 0.2) is 24.4 Å². The lowest BCUT2D eigenvalue weighted by Crippen LogP contribution is -2.35. The third-order valence-electron chi connectivity index (χ3n) is 3.75. The molecule has 2 N–H and O–H groups in total. The molecule has 1 amide bonds. The van der Waals surface area contributed by atoms with Crippen molar-refractivity contribution in [2.24, 2.45) is 0 Å². The predicted molar refractivity (Wildman–Crippen MR) is 86.8 cm³/mol. The fourth-order valence-electron chi connectivity index (χ4n) is 2.49. The lowest BCUT2D eigenvalue weighted by atomic mass is 10.1. The van der Waals surface area contributed by atoms with E-state index in [0.717, 1.165) is 36.2 Å². The largest absolute Gasteiger partial charge is 0.385 e. The molecule has 1 atom stereocenters.